The van der Waals surface area contributed by atoms with E-state index in [0.717, 1.165) is 11.1 Å². The molecule has 20 heavy (non-hydrogen) atoms. The van der Waals surface area contributed by atoms with Gasteiger partial charge >= 0.3 is 0 Å². The maximum Gasteiger partial charge on any atom is 0.269 e. The zero-order valence-electron chi connectivity index (χ0n) is 10.2. The first-order valence-corrected chi connectivity index (χ1v) is 7.50. The summed E-state index contributed by atoms with van der Waals surface area (Å²) >= 11 is 6.77. The number of hydrogen-bond donors (Lipinski definition) is 0. The van der Waals surface area contributed by atoms with Crippen molar-refractivity contribution in [3.05, 3.63) is 74.0 Å². The topological polar surface area (TPSA) is 43.1 Å². The van der Waals surface area contributed by atoms with Gasteiger partial charge in [0.05, 0.1) is 4.92 Å². The lowest BCUT2D eigenvalue weighted by Crippen LogP contribution is -1.97. The van der Waals surface area contributed by atoms with E-state index in [1.807, 2.05) is 6.07 Å². The van der Waals surface area contributed by atoms with Gasteiger partial charge in [0.1, 0.15) is 5.82 Å². The fourth-order valence-corrected chi connectivity index (χ4v) is 2.96. The molecule has 6 heteroatoms. The molecule has 0 spiro atoms. The Bertz CT molecular complexity index is 611. The average Bonchev–Trinajstić information content (AvgIpc) is 2.38. The molecule has 0 saturated heterocycles. The van der Waals surface area contributed by atoms with Crippen molar-refractivity contribution in [3.63, 3.8) is 0 Å². The molecule has 2 aromatic rings. The van der Waals surface area contributed by atoms with Crippen LogP contribution in [-0.2, 0) is 6.42 Å². The van der Waals surface area contributed by atoms with Crippen molar-refractivity contribution in [2.24, 2.45) is 0 Å². The van der Waals surface area contributed by atoms with Gasteiger partial charge in [-0.3, -0.25) is 10.1 Å². The van der Waals surface area contributed by atoms with Gasteiger partial charge in [-0.2, -0.15) is 0 Å². The molecule has 0 N–H and O–H groups in total. The lowest BCUT2D eigenvalue weighted by atomic mass is 10.0. The highest BCUT2D eigenvalue weighted by molar-refractivity contribution is 9.10. The second-order valence-electron chi connectivity index (χ2n) is 4.30. The summed E-state index contributed by atoms with van der Waals surface area (Å²) < 4.78 is 14.0. The zero-order chi connectivity index (χ0) is 14.7. The average molecular weight is 403 g/mol. The SMILES string of the molecule is O=[N+]([O-])c1ccc(CC(Br)c2cc(F)cc(Br)c2)cc1. The largest absolute Gasteiger partial charge is 0.269 e. The molecule has 0 aliphatic rings. The van der Waals surface area contributed by atoms with Crippen LogP contribution < -0.4 is 0 Å². The highest BCUT2D eigenvalue weighted by atomic mass is 79.9. The van der Waals surface area contributed by atoms with Crippen molar-refractivity contribution in [1.29, 1.82) is 0 Å². The van der Waals surface area contributed by atoms with E-state index < -0.39 is 4.92 Å². The molecule has 2 rings (SSSR count). The second kappa shape index (κ2) is 6.45. The summed E-state index contributed by atoms with van der Waals surface area (Å²) in [5.74, 6) is -0.303. The van der Waals surface area contributed by atoms with Crippen LogP contribution in [0.4, 0.5) is 10.1 Å². The first kappa shape index (κ1) is 15.1. The van der Waals surface area contributed by atoms with Crippen molar-refractivity contribution in [2.75, 3.05) is 0 Å². The van der Waals surface area contributed by atoms with E-state index in [1.54, 1.807) is 12.1 Å². The van der Waals surface area contributed by atoms with E-state index in [-0.39, 0.29) is 16.3 Å². The second-order valence-corrected chi connectivity index (χ2v) is 6.32. The molecule has 0 fully saturated rings. The number of nitro groups is 1. The number of nitrogens with zero attached hydrogens (tertiary/aromatic N) is 1. The Morgan fingerprint density at radius 3 is 2.40 bits per heavy atom. The highest BCUT2D eigenvalue weighted by Crippen LogP contribution is 2.30. The molecule has 0 aliphatic heterocycles. The van der Waals surface area contributed by atoms with Crippen LogP contribution in [0.15, 0.2) is 46.9 Å². The quantitative estimate of drug-likeness (QED) is 0.402. The first-order chi connectivity index (χ1) is 9.45. The number of nitro benzene ring substituents is 1. The smallest absolute Gasteiger partial charge is 0.258 e. The molecule has 1 atom stereocenters. The number of non-ortho nitro benzene ring substituents is 1. The predicted molar refractivity (Wildman–Crippen MR) is 82.6 cm³/mol. The molecule has 0 aliphatic carbocycles. The van der Waals surface area contributed by atoms with E-state index >= 15 is 0 Å². The van der Waals surface area contributed by atoms with Crippen molar-refractivity contribution < 1.29 is 9.31 Å². The van der Waals surface area contributed by atoms with Crippen molar-refractivity contribution in [2.45, 2.75) is 11.2 Å². The van der Waals surface area contributed by atoms with Crippen LogP contribution in [0, 0.1) is 15.9 Å². The van der Waals surface area contributed by atoms with E-state index in [0.29, 0.717) is 10.9 Å². The molecule has 3 nitrogen and oxygen atoms in total. The summed E-state index contributed by atoms with van der Waals surface area (Å²) in [6.07, 6.45) is 0.619. The fourth-order valence-electron chi connectivity index (χ4n) is 1.83. The van der Waals surface area contributed by atoms with Gasteiger partial charge in [0.25, 0.3) is 5.69 Å². The molecule has 0 bridgehead atoms. The molecule has 0 saturated carbocycles. The third-order valence-corrected chi connectivity index (χ3v) is 4.12. The van der Waals surface area contributed by atoms with Gasteiger partial charge in [0, 0.05) is 21.4 Å². The van der Waals surface area contributed by atoms with Crippen molar-refractivity contribution in [1.82, 2.24) is 0 Å². The minimum absolute atomic E-state index is 0.0593. The molecule has 0 heterocycles. The lowest BCUT2D eigenvalue weighted by Gasteiger charge is -2.11. The van der Waals surface area contributed by atoms with Crippen LogP contribution in [0.5, 0.6) is 0 Å². The Morgan fingerprint density at radius 2 is 1.85 bits per heavy atom. The number of alkyl halides is 1. The Labute approximate surface area is 132 Å². The first-order valence-electron chi connectivity index (χ1n) is 5.79. The van der Waals surface area contributed by atoms with Gasteiger partial charge < -0.3 is 0 Å². The monoisotopic (exact) mass is 401 g/mol. The van der Waals surface area contributed by atoms with E-state index in [2.05, 4.69) is 31.9 Å². The van der Waals surface area contributed by atoms with E-state index in [9.17, 15) is 14.5 Å². The number of hydrogen-bond acceptors (Lipinski definition) is 2. The standard InChI is InChI=1S/C14H10Br2FNO2/c15-11-6-10(7-12(17)8-11)14(16)5-9-1-3-13(4-2-9)18(19)20/h1-4,6-8,14H,5H2. The summed E-state index contributed by atoms with van der Waals surface area (Å²) in [4.78, 5) is 10.1. The van der Waals surface area contributed by atoms with Crippen LogP contribution in [0.3, 0.4) is 0 Å². The molecule has 0 aromatic heterocycles. The van der Waals surface area contributed by atoms with Gasteiger partial charge in [-0.05, 0) is 35.7 Å². The van der Waals surface area contributed by atoms with Gasteiger partial charge in [0.15, 0.2) is 0 Å². The molecule has 0 amide bonds. The Morgan fingerprint density at radius 1 is 1.20 bits per heavy atom. The fraction of sp³-hybridized carbons (Fsp3) is 0.143. The van der Waals surface area contributed by atoms with Crippen LogP contribution in [0.1, 0.15) is 16.0 Å². The van der Waals surface area contributed by atoms with Crippen molar-refractivity contribution >= 4 is 37.5 Å². The maximum atomic E-state index is 13.3. The minimum Gasteiger partial charge on any atom is -0.258 e. The molecular formula is C14H10Br2FNO2. The van der Waals surface area contributed by atoms with Gasteiger partial charge in [-0.15, -0.1) is 0 Å². The summed E-state index contributed by atoms with van der Waals surface area (Å²) in [7, 11) is 0. The molecule has 2 aromatic carbocycles. The third-order valence-electron chi connectivity index (χ3n) is 2.81. The minimum atomic E-state index is -0.431. The number of benzene rings is 2. The van der Waals surface area contributed by atoms with Crippen LogP contribution in [0.2, 0.25) is 0 Å². The molecular weight excluding hydrogens is 393 g/mol. The number of rotatable bonds is 4. The van der Waals surface area contributed by atoms with E-state index in [4.69, 9.17) is 0 Å². The summed E-state index contributed by atoms with van der Waals surface area (Å²) in [5.41, 5.74) is 1.82. The normalized spacial score (nSPS) is 12.2. The molecule has 104 valence electrons. The van der Waals surface area contributed by atoms with Gasteiger partial charge in [0.2, 0.25) is 0 Å². The summed E-state index contributed by atoms with van der Waals surface area (Å²) in [6.45, 7) is 0. The molecule has 1 unspecified atom stereocenters. The van der Waals surface area contributed by atoms with Crippen molar-refractivity contribution in [3.8, 4) is 0 Å². The highest BCUT2D eigenvalue weighted by Gasteiger charge is 2.12. The third kappa shape index (κ3) is 3.86. The van der Waals surface area contributed by atoms with Crippen LogP contribution in [-0.4, -0.2) is 4.92 Å². The zero-order valence-corrected chi connectivity index (χ0v) is 13.4. The van der Waals surface area contributed by atoms with Gasteiger partial charge in [-0.25, -0.2) is 4.39 Å². The Balaban J connectivity index is 2.14. The predicted octanol–water partition coefficient (Wildman–Crippen LogP) is 5.18. The Kier molecular flexibility index (Phi) is 4.88. The lowest BCUT2D eigenvalue weighted by molar-refractivity contribution is -0.384. The molecule has 0 radical (unpaired) electrons. The van der Waals surface area contributed by atoms with Crippen LogP contribution in [0.25, 0.3) is 0 Å². The van der Waals surface area contributed by atoms with Gasteiger partial charge in [-0.1, -0.05) is 44.0 Å². The van der Waals surface area contributed by atoms with Crippen LogP contribution >= 0.6 is 31.9 Å². The summed E-state index contributed by atoms with van der Waals surface area (Å²) in [6, 6.07) is 11.1. The Hall–Kier alpha value is -1.27. The maximum absolute atomic E-state index is 13.3. The summed E-state index contributed by atoms with van der Waals surface area (Å²) in [5, 5.41) is 10.6. The number of halogens is 3. The van der Waals surface area contributed by atoms with E-state index in [1.165, 1.54) is 24.3 Å².